The molecular formula is C52H87N3O16P2. The minimum Gasteiger partial charge on any atom is -0.462 e. The van der Waals surface area contributed by atoms with Crippen molar-refractivity contribution in [2.24, 2.45) is 0 Å². The summed E-state index contributed by atoms with van der Waals surface area (Å²) in [5.74, 6) is -1.39. The van der Waals surface area contributed by atoms with Crippen LogP contribution in [0.2, 0.25) is 0 Å². The topological polar surface area (TPSA) is 286 Å². The van der Waals surface area contributed by atoms with Crippen LogP contribution in [0.5, 0.6) is 0 Å². The summed E-state index contributed by atoms with van der Waals surface area (Å²) in [5, 5.41) is 30.2. The SMILES string of the molecule is CCCCCCCC/C=C\CCCCCCCCCC(=O)O[C@H](COC(=O)CCC/C=C\C/C=C\C/C=C\C/C=C\CCC[C@@H](C)O)COP(=O)(O)OP(=O)(O)OC[C@H]1O[C@@H](n2ccc(N)nc2=O)[C@H](O)[C@@H]1O. The van der Waals surface area contributed by atoms with Gasteiger partial charge in [0.25, 0.3) is 0 Å². The third kappa shape index (κ3) is 33.2. The van der Waals surface area contributed by atoms with E-state index in [9.17, 15) is 48.6 Å². The van der Waals surface area contributed by atoms with Gasteiger partial charge in [-0.1, -0.05) is 132 Å². The van der Waals surface area contributed by atoms with Gasteiger partial charge >= 0.3 is 33.3 Å². The second-order valence-corrected chi connectivity index (χ2v) is 21.3. The Morgan fingerprint density at radius 3 is 1.81 bits per heavy atom. The maximum atomic E-state index is 12.9. The first-order valence-corrected chi connectivity index (χ1v) is 29.3. The number of unbranched alkanes of at least 4 members (excludes halogenated alkanes) is 15. The summed E-state index contributed by atoms with van der Waals surface area (Å²) < 4.78 is 56.8. The van der Waals surface area contributed by atoms with E-state index in [1.165, 1.54) is 44.6 Å². The molecule has 0 radical (unpaired) electrons. The van der Waals surface area contributed by atoms with Crippen molar-refractivity contribution in [3.63, 3.8) is 0 Å². The molecule has 21 heteroatoms. The van der Waals surface area contributed by atoms with Crippen LogP contribution in [-0.4, -0.2) is 96.9 Å². The highest BCUT2D eigenvalue weighted by Crippen LogP contribution is 2.60. The van der Waals surface area contributed by atoms with E-state index in [1.807, 2.05) is 12.2 Å². The maximum absolute atomic E-state index is 12.9. The number of phosphoric acid groups is 2. The minimum atomic E-state index is -5.44. The lowest BCUT2D eigenvalue weighted by atomic mass is 10.1. The molecule has 0 spiro atoms. The Labute approximate surface area is 433 Å². The van der Waals surface area contributed by atoms with Gasteiger partial charge in [-0.3, -0.25) is 23.2 Å². The monoisotopic (exact) mass is 1070 g/mol. The number of hydrogen-bond acceptors (Lipinski definition) is 16. The number of carbonyl (C=O) groups excluding carboxylic acids is 2. The van der Waals surface area contributed by atoms with Crippen molar-refractivity contribution < 1.29 is 71.4 Å². The number of nitrogen functional groups attached to an aromatic ring is 1. The summed E-state index contributed by atoms with van der Waals surface area (Å²) in [5.41, 5.74) is 4.58. The van der Waals surface area contributed by atoms with Crippen molar-refractivity contribution in [1.29, 1.82) is 0 Å². The molecule has 2 rings (SSSR count). The summed E-state index contributed by atoms with van der Waals surface area (Å²) in [6.07, 6.45) is 37.2. The van der Waals surface area contributed by atoms with Crippen LogP contribution in [0.1, 0.15) is 181 Å². The highest BCUT2D eigenvalue weighted by molar-refractivity contribution is 7.61. The molecule has 1 saturated heterocycles. The van der Waals surface area contributed by atoms with Gasteiger partial charge in [-0.2, -0.15) is 9.29 Å². The molecule has 0 saturated carbocycles. The molecule has 8 atom stereocenters. The molecule has 0 bridgehead atoms. The summed E-state index contributed by atoms with van der Waals surface area (Å²) in [7, 11) is -10.9. The number of ether oxygens (including phenoxy) is 3. The lowest BCUT2D eigenvalue weighted by Crippen LogP contribution is -2.36. The van der Waals surface area contributed by atoms with E-state index in [1.54, 1.807) is 6.92 Å². The summed E-state index contributed by atoms with van der Waals surface area (Å²) in [4.78, 5) is 61.9. The number of carbonyl (C=O) groups is 2. The van der Waals surface area contributed by atoms with Crippen LogP contribution in [0, 0.1) is 0 Å². The Morgan fingerprint density at radius 2 is 1.22 bits per heavy atom. The third-order valence-electron chi connectivity index (χ3n) is 11.6. The molecule has 2 heterocycles. The molecule has 19 nitrogen and oxygen atoms in total. The molecular weight excluding hydrogens is 985 g/mol. The van der Waals surface area contributed by atoms with Gasteiger partial charge in [0.15, 0.2) is 12.3 Å². The Morgan fingerprint density at radius 1 is 0.712 bits per heavy atom. The van der Waals surface area contributed by atoms with Gasteiger partial charge in [0.2, 0.25) is 0 Å². The van der Waals surface area contributed by atoms with Gasteiger partial charge in [-0.15, -0.1) is 0 Å². The molecule has 1 aromatic heterocycles. The van der Waals surface area contributed by atoms with Gasteiger partial charge in [-0.25, -0.2) is 13.9 Å². The van der Waals surface area contributed by atoms with E-state index >= 15 is 0 Å². The Bertz CT molecular complexity index is 1970. The lowest BCUT2D eigenvalue weighted by Gasteiger charge is -2.21. The molecule has 0 amide bonds. The number of aliphatic hydroxyl groups is 3. The fraction of sp³-hybridized carbons (Fsp3) is 0.692. The molecule has 1 aromatic rings. The molecule has 7 N–H and O–H groups in total. The minimum absolute atomic E-state index is 0.0254. The van der Waals surface area contributed by atoms with Crippen LogP contribution >= 0.6 is 15.6 Å². The van der Waals surface area contributed by atoms with E-state index in [-0.39, 0.29) is 24.8 Å². The Hall–Kier alpha value is -3.58. The highest BCUT2D eigenvalue weighted by Gasteiger charge is 2.46. The summed E-state index contributed by atoms with van der Waals surface area (Å²) in [6, 6.07) is 1.24. The molecule has 2 unspecified atom stereocenters. The number of allylic oxidation sites excluding steroid dienone is 10. The van der Waals surface area contributed by atoms with Crippen LogP contribution in [0.4, 0.5) is 5.82 Å². The number of hydrogen-bond donors (Lipinski definition) is 6. The van der Waals surface area contributed by atoms with Crippen LogP contribution in [0.25, 0.3) is 0 Å². The van der Waals surface area contributed by atoms with Crippen LogP contribution in [0.15, 0.2) is 77.8 Å². The number of aliphatic hydroxyl groups excluding tert-OH is 3. The smallest absolute Gasteiger partial charge is 0.462 e. The Balaban J connectivity index is 1.81. The lowest BCUT2D eigenvalue weighted by molar-refractivity contribution is -0.161. The second-order valence-electron chi connectivity index (χ2n) is 18.3. The van der Waals surface area contributed by atoms with Crippen molar-refractivity contribution in [2.45, 2.75) is 211 Å². The predicted molar refractivity (Wildman–Crippen MR) is 281 cm³/mol. The third-order valence-corrected chi connectivity index (χ3v) is 14.2. The zero-order valence-electron chi connectivity index (χ0n) is 43.3. The van der Waals surface area contributed by atoms with Gasteiger partial charge < -0.3 is 45.1 Å². The summed E-state index contributed by atoms with van der Waals surface area (Å²) >= 11 is 0. The fourth-order valence-corrected chi connectivity index (χ4v) is 9.61. The predicted octanol–water partition coefficient (Wildman–Crippen LogP) is 10.1. The van der Waals surface area contributed by atoms with Crippen molar-refractivity contribution in [3.05, 3.63) is 83.5 Å². The van der Waals surface area contributed by atoms with Gasteiger partial charge in [0.1, 0.15) is 30.7 Å². The average molecular weight is 1070 g/mol. The van der Waals surface area contributed by atoms with E-state index in [2.05, 4.69) is 64.8 Å². The zero-order chi connectivity index (χ0) is 53.6. The molecule has 416 valence electrons. The highest BCUT2D eigenvalue weighted by atomic mass is 31.3. The van der Waals surface area contributed by atoms with Crippen molar-refractivity contribution in [1.82, 2.24) is 9.55 Å². The Kier molecular flexibility index (Phi) is 35.7. The standard InChI is InChI=1S/C52H87N3O16P2/c1-3-4-5-6-7-8-9-10-11-12-15-19-22-25-28-31-34-37-48(58)69-44(40-66-47(57)36-33-30-27-24-21-18-16-13-14-17-20-23-26-29-32-35-43(2)56)41-67-72(62,63)71-73(64,65)68-42-45-49(59)50(60)51(70-45)55-39-38-46(53)54-52(55)61/h10-11,14,16-18,23-24,26-27,38-39,43-45,49-51,56,59-60H,3-9,12-13,15,19-22,25,28-37,40-42H2,1-2H3,(H,62,63)(H,64,65)(H2,53,54,61)/b11-10-,17-14-,18-16-,26-23-,27-24-/t43-,44-,45-,49-,50-,51-/m1/s1. The largest absolute Gasteiger partial charge is 0.481 e. The normalized spacial score (nSPS) is 19.9. The van der Waals surface area contributed by atoms with Gasteiger partial charge in [0.05, 0.1) is 19.3 Å². The molecule has 73 heavy (non-hydrogen) atoms. The van der Waals surface area contributed by atoms with Crippen LogP contribution in [-0.2, 0) is 46.3 Å². The van der Waals surface area contributed by atoms with Crippen molar-refractivity contribution in [2.75, 3.05) is 25.6 Å². The number of phosphoric ester groups is 2. The average Bonchev–Trinajstić information content (AvgIpc) is 3.62. The number of anilines is 1. The van der Waals surface area contributed by atoms with E-state index < -0.39 is 83.7 Å². The second kappa shape index (κ2) is 39.8. The first kappa shape index (κ1) is 65.5. The first-order chi connectivity index (χ1) is 35.0. The van der Waals surface area contributed by atoms with E-state index in [0.29, 0.717) is 19.3 Å². The van der Waals surface area contributed by atoms with Crippen LogP contribution in [0.3, 0.4) is 0 Å². The number of nitrogens with zero attached hydrogens (tertiary/aromatic N) is 2. The van der Waals surface area contributed by atoms with E-state index in [0.717, 1.165) is 101 Å². The molecule has 1 aliphatic rings. The first-order valence-electron chi connectivity index (χ1n) is 26.3. The summed E-state index contributed by atoms with van der Waals surface area (Å²) in [6.45, 7) is 1.65. The molecule has 1 fully saturated rings. The molecule has 0 aliphatic carbocycles. The molecule has 0 aromatic carbocycles. The van der Waals surface area contributed by atoms with Gasteiger partial charge in [0, 0.05) is 19.0 Å². The number of aromatic nitrogens is 2. The maximum Gasteiger partial charge on any atom is 0.481 e. The fourth-order valence-electron chi connectivity index (χ4n) is 7.50. The number of rotatable bonds is 43. The van der Waals surface area contributed by atoms with E-state index in [4.69, 9.17) is 29.0 Å². The van der Waals surface area contributed by atoms with Crippen molar-refractivity contribution >= 4 is 33.4 Å². The molecule has 1 aliphatic heterocycles. The van der Waals surface area contributed by atoms with Crippen molar-refractivity contribution in [3.8, 4) is 0 Å². The number of nitrogens with two attached hydrogens (primary N) is 1. The quantitative estimate of drug-likeness (QED) is 0.0153. The van der Waals surface area contributed by atoms with Gasteiger partial charge in [-0.05, 0) is 96.5 Å². The van der Waals surface area contributed by atoms with Crippen LogP contribution < -0.4 is 11.4 Å². The number of esters is 2. The zero-order valence-corrected chi connectivity index (χ0v) is 45.1.